The van der Waals surface area contributed by atoms with Crippen molar-refractivity contribution in [3.63, 3.8) is 0 Å². The third-order valence-corrected chi connectivity index (χ3v) is 2.11. The van der Waals surface area contributed by atoms with Crippen LogP contribution in [0, 0.1) is 10.4 Å². The van der Waals surface area contributed by atoms with Crippen molar-refractivity contribution >= 4 is 11.4 Å². The van der Waals surface area contributed by atoms with Crippen LogP contribution >= 0.6 is 0 Å². The molecule has 1 aliphatic rings. The predicted molar refractivity (Wildman–Crippen MR) is 44.2 cm³/mol. The summed E-state index contributed by atoms with van der Waals surface area (Å²) in [6.45, 7) is 0.742. The molecule has 64 valence electrons. The van der Waals surface area contributed by atoms with E-state index in [1.165, 1.54) is 0 Å². The van der Waals surface area contributed by atoms with Gasteiger partial charge in [0.05, 0.1) is 0 Å². The Balaban J connectivity index is 2.47. The Morgan fingerprint density at radius 2 is 1.33 bits per heavy atom. The van der Waals surface area contributed by atoms with Crippen LogP contribution in [-0.2, 0) is 0 Å². The van der Waals surface area contributed by atoms with Crippen LogP contribution in [0.15, 0.2) is 24.3 Å². The van der Waals surface area contributed by atoms with Crippen LogP contribution in [-0.4, -0.2) is 13.1 Å². The highest BCUT2D eigenvalue weighted by Crippen LogP contribution is 2.12. The lowest BCUT2D eigenvalue weighted by molar-refractivity contribution is -0.870. The fourth-order valence-corrected chi connectivity index (χ4v) is 1.47. The smallest absolute Gasteiger partial charge is 0.193 e. The van der Waals surface area contributed by atoms with Crippen LogP contribution in [0.4, 0.5) is 11.4 Å². The summed E-state index contributed by atoms with van der Waals surface area (Å²) in [5.41, 5.74) is 1.18. The van der Waals surface area contributed by atoms with E-state index < -0.39 is 0 Å². The molecule has 0 radical (unpaired) electrons. The summed E-state index contributed by atoms with van der Waals surface area (Å²) in [6.07, 6.45) is 0. The van der Waals surface area contributed by atoms with Crippen molar-refractivity contribution in [1.82, 2.24) is 0 Å². The molecule has 0 spiro atoms. The summed E-state index contributed by atoms with van der Waals surface area (Å²) in [6, 6.07) is 7.01. The number of rotatable bonds is 0. The normalized spacial score (nSPS) is 28.2. The average Bonchev–Trinajstić information content (AvgIpc) is 2.12. The second kappa shape index (κ2) is 2.84. The van der Waals surface area contributed by atoms with Crippen LogP contribution in [0.25, 0.3) is 0 Å². The Morgan fingerprint density at radius 3 is 1.75 bits per heavy atom. The number of benzene rings is 1. The molecule has 0 fully saturated rings. The lowest BCUT2D eigenvalue weighted by Gasteiger charge is -2.33. The van der Waals surface area contributed by atoms with E-state index >= 15 is 0 Å². The van der Waals surface area contributed by atoms with Crippen molar-refractivity contribution in [2.45, 2.75) is 0 Å². The highest BCUT2D eigenvalue weighted by molar-refractivity contribution is 5.51. The highest BCUT2D eigenvalue weighted by atomic mass is 16.5. The molecule has 4 heteroatoms. The summed E-state index contributed by atoms with van der Waals surface area (Å²) in [5, 5.41) is 22.7. The summed E-state index contributed by atoms with van der Waals surface area (Å²) in [7, 11) is 0. The summed E-state index contributed by atoms with van der Waals surface area (Å²) in [5.74, 6) is 0. The SMILES string of the molecule is [O-][NH+]1CC[NH+]([O-])c2ccccc21. The molecule has 2 rings (SSSR count). The van der Waals surface area contributed by atoms with E-state index in [-0.39, 0.29) is 10.1 Å². The molecule has 4 nitrogen and oxygen atoms in total. The second-order valence-electron chi connectivity index (χ2n) is 2.89. The van der Waals surface area contributed by atoms with Gasteiger partial charge < -0.3 is 20.5 Å². The molecular formula is C8H10N2O2. The molecule has 12 heavy (non-hydrogen) atoms. The maximum absolute atomic E-state index is 11.3. The Labute approximate surface area is 70.2 Å². The predicted octanol–water partition coefficient (Wildman–Crippen LogP) is -1.27. The van der Waals surface area contributed by atoms with Crippen molar-refractivity contribution in [3.8, 4) is 0 Å². The molecule has 2 N–H and O–H groups in total. The van der Waals surface area contributed by atoms with Crippen molar-refractivity contribution in [2.24, 2.45) is 0 Å². The Hall–Kier alpha value is -0.940. The zero-order valence-electron chi connectivity index (χ0n) is 6.54. The molecule has 1 aromatic carbocycles. The molecule has 2 atom stereocenters. The molecule has 1 aliphatic heterocycles. The molecule has 0 bridgehead atoms. The first-order chi connectivity index (χ1) is 5.79. The molecule has 0 aromatic heterocycles. The Bertz CT molecular complexity index is 261. The van der Waals surface area contributed by atoms with E-state index in [0.29, 0.717) is 24.5 Å². The van der Waals surface area contributed by atoms with Gasteiger partial charge in [0.1, 0.15) is 13.1 Å². The largest absolute Gasteiger partial charge is 0.629 e. The quantitative estimate of drug-likeness (QED) is 0.472. The maximum Gasteiger partial charge on any atom is 0.193 e. The number of nitrogens with one attached hydrogen (secondary N) is 2. The van der Waals surface area contributed by atoms with E-state index in [2.05, 4.69) is 0 Å². The number of para-hydroxylation sites is 2. The zero-order valence-corrected chi connectivity index (χ0v) is 6.54. The van der Waals surface area contributed by atoms with Gasteiger partial charge in [-0.05, 0) is 0 Å². The van der Waals surface area contributed by atoms with Gasteiger partial charge in [0, 0.05) is 12.1 Å². The van der Waals surface area contributed by atoms with E-state index in [1.54, 1.807) is 24.3 Å². The maximum atomic E-state index is 11.3. The molecule has 0 saturated heterocycles. The lowest BCUT2D eigenvalue weighted by atomic mass is 10.2. The van der Waals surface area contributed by atoms with Crippen molar-refractivity contribution in [3.05, 3.63) is 34.7 Å². The molecule has 1 heterocycles. The Morgan fingerprint density at radius 1 is 0.917 bits per heavy atom. The van der Waals surface area contributed by atoms with Gasteiger partial charge >= 0.3 is 0 Å². The van der Waals surface area contributed by atoms with Gasteiger partial charge in [0.15, 0.2) is 11.4 Å². The monoisotopic (exact) mass is 166 g/mol. The van der Waals surface area contributed by atoms with Gasteiger partial charge in [-0.2, -0.15) is 0 Å². The number of hydrogen-bond acceptors (Lipinski definition) is 2. The van der Waals surface area contributed by atoms with Gasteiger partial charge in [-0.25, -0.2) is 0 Å². The number of hydrogen-bond donors (Lipinski definition) is 2. The first-order valence-electron chi connectivity index (χ1n) is 3.94. The summed E-state index contributed by atoms with van der Waals surface area (Å²) in [4.78, 5) is 0. The lowest BCUT2D eigenvalue weighted by Crippen LogP contribution is -3.16. The minimum atomic E-state index is 0.0881. The van der Waals surface area contributed by atoms with E-state index in [0.717, 1.165) is 0 Å². The average molecular weight is 166 g/mol. The van der Waals surface area contributed by atoms with Crippen molar-refractivity contribution < 1.29 is 10.1 Å². The molecule has 0 saturated carbocycles. The van der Waals surface area contributed by atoms with Gasteiger partial charge in [-0.1, -0.05) is 12.1 Å². The fourth-order valence-electron chi connectivity index (χ4n) is 1.47. The van der Waals surface area contributed by atoms with Crippen molar-refractivity contribution in [2.75, 3.05) is 13.1 Å². The minimum absolute atomic E-state index is 0.0881. The van der Waals surface area contributed by atoms with Crippen LogP contribution in [0.3, 0.4) is 0 Å². The Kier molecular flexibility index (Phi) is 1.82. The van der Waals surface area contributed by atoms with E-state index in [9.17, 15) is 10.4 Å². The second-order valence-corrected chi connectivity index (χ2v) is 2.89. The van der Waals surface area contributed by atoms with Gasteiger partial charge in [-0.15, -0.1) is 0 Å². The fraction of sp³-hybridized carbons (Fsp3) is 0.250. The van der Waals surface area contributed by atoms with Crippen LogP contribution in [0.1, 0.15) is 0 Å². The van der Waals surface area contributed by atoms with Gasteiger partial charge in [0.2, 0.25) is 0 Å². The standard InChI is InChI=1S/C8H10N2O2/c11-9-5-6-10(12)8-4-2-1-3-7(8)9/h1-4,9-10H,5-6H2. The molecule has 0 amide bonds. The van der Waals surface area contributed by atoms with Crippen LogP contribution in [0.5, 0.6) is 0 Å². The number of quaternary nitrogens is 2. The third kappa shape index (κ3) is 1.11. The number of hydroxylamine groups is 2. The first-order valence-corrected chi connectivity index (χ1v) is 3.94. The summed E-state index contributed by atoms with van der Waals surface area (Å²) >= 11 is 0. The molecule has 2 unspecified atom stereocenters. The van der Waals surface area contributed by atoms with Gasteiger partial charge in [0.25, 0.3) is 0 Å². The third-order valence-electron chi connectivity index (χ3n) is 2.11. The zero-order chi connectivity index (χ0) is 8.55. The van der Waals surface area contributed by atoms with Crippen molar-refractivity contribution in [1.29, 1.82) is 0 Å². The topological polar surface area (TPSA) is 55.0 Å². The van der Waals surface area contributed by atoms with Gasteiger partial charge in [-0.3, -0.25) is 0 Å². The van der Waals surface area contributed by atoms with Crippen LogP contribution in [0.2, 0.25) is 0 Å². The molecular weight excluding hydrogens is 156 g/mol. The molecule has 1 aromatic rings. The minimum Gasteiger partial charge on any atom is -0.629 e. The first kappa shape index (κ1) is 7.70. The molecule has 0 aliphatic carbocycles. The van der Waals surface area contributed by atoms with E-state index in [4.69, 9.17) is 0 Å². The van der Waals surface area contributed by atoms with Crippen LogP contribution < -0.4 is 10.1 Å². The summed E-state index contributed by atoms with van der Waals surface area (Å²) < 4.78 is 0. The number of fused-ring (bicyclic) bond motifs is 1. The van der Waals surface area contributed by atoms with E-state index in [1.807, 2.05) is 0 Å². The highest BCUT2D eigenvalue weighted by Gasteiger charge is 2.21.